The van der Waals surface area contributed by atoms with Gasteiger partial charge in [0.2, 0.25) is 0 Å². The molecule has 1 aromatic rings. The maximum Gasteiger partial charge on any atom is 0.404 e. The molecule has 2 N–H and O–H groups in total. The first-order valence-electron chi connectivity index (χ1n) is 4.19. The Bertz CT molecular complexity index is 369. The first-order chi connectivity index (χ1) is 6.74. The van der Waals surface area contributed by atoms with E-state index in [0.717, 1.165) is 5.56 Å². The van der Waals surface area contributed by atoms with Gasteiger partial charge in [-0.2, -0.15) is 5.26 Å². The molecule has 1 rings (SSSR count). The summed E-state index contributed by atoms with van der Waals surface area (Å²) in [6, 6.07) is 9.21. The van der Waals surface area contributed by atoms with Crippen LogP contribution in [0.1, 0.15) is 11.1 Å². The van der Waals surface area contributed by atoms with Crippen molar-refractivity contribution in [1.82, 2.24) is 5.32 Å². The van der Waals surface area contributed by atoms with Crippen LogP contribution in [-0.2, 0) is 6.42 Å². The lowest BCUT2D eigenvalue weighted by molar-refractivity contribution is 0.194. The van der Waals surface area contributed by atoms with Crippen molar-refractivity contribution in [2.45, 2.75) is 6.42 Å². The van der Waals surface area contributed by atoms with Gasteiger partial charge in [0.15, 0.2) is 0 Å². The van der Waals surface area contributed by atoms with Crippen molar-refractivity contribution in [2.75, 3.05) is 6.54 Å². The molecular formula is C10H10N2O2. The molecule has 1 amide bonds. The normalized spacial score (nSPS) is 9.07. The molecule has 0 atom stereocenters. The summed E-state index contributed by atoms with van der Waals surface area (Å²) in [5.74, 6) is 0. The molecule has 0 fully saturated rings. The fraction of sp³-hybridized carbons (Fsp3) is 0.200. The lowest BCUT2D eigenvalue weighted by Crippen LogP contribution is -2.23. The minimum Gasteiger partial charge on any atom is -0.465 e. The Balaban J connectivity index is 2.59. The standard InChI is InChI=1S/C10H10N2O2/c11-7-9-4-2-1-3-8(9)5-6-12-10(13)14/h1-4,12H,5-6H2,(H,13,14). The van der Waals surface area contributed by atoms with Crippen molar-refractivity contribution in [2.24, 2.45) is 0 Å². The van der Waals surface area contributed by atoms with Crippen LogP contribution in [0.25, 0.3) is 0 Å². The number of carboxylic acid groups (broad SMARTS) is 1. The smallest absolute Gasteiger partial charge is 0.404 e. The van der Waals surface area contributed by atoms with Crippen LogP contribution < -0.4 is 5.32 Å². The molecule has 0 aromatic heterocycles. The van der Waals surface area contributed by atoms with Gasteiger partial charge in [-0.05, 0) is 18.1 Å². The van der Waals surface area contributed by atoms with Gasteiger partial charge in [-0.15, -0.1) is 0 Å². The van der Waals surface area contributed by atoms with E-state index < -0.39 is 6.09 Å². The summed E-state index contributed by atoms with van der Waals surface area (Å²) in [4.78, 5) is 10.2. The lowest BCUT2D eigenvalue weighted by atomic mass is 10.1. The molecule has 0 aliphatic carbocycles. The van der Waals surface area contributed by atoms with Crippen LogP contribution in [0.5, 0.6) is 0 Å². The first-order valence-corrected chi connectivity index (χ1v) is 4.19. The third kappa shape index (κ3) is 2.79. The maximum absolute atomic E-state index is 10.2. The third-order valence-electron chi connectivity index (χ3n) is 1.81. The highest BCUT2D eigenvalue weighted by molar-refractivity contribution is 5.64. The zero-order valence-corrected chi connectivity index (χ0v) is 7.53. The number of carbonyl (C=O) groups is 1. The molecular weight excluding hydrogens is 180 g/mol. The Labute approximate surface area is 81.8 Å². The predicted octanol–water partition coefficient (Wildman–Crippen LogP) is 1.37. The molecule has 0 aliphatic rings. The van der Waals surface area contributed by atoms with E-state index in [2.05, 4.69) is 11.4 Å². The van der Waals surface area contributed by atoms with Crippen LogP contribution in [0.4, 0.5) is 4.79 Å². The number of nitriles is 1. The Morgan fingerprint density at radius 2 is 2.21 bits per heavy atom. The quantitative estimate of drug-likeness (QED) is 0.755. The second-order valence-electron chi connectivity index (χ2n) is 2.75. The Morgan fingerprint density at radius 1 is 1.50 bits per heavy atom. The number of hydrogen-bond donors (Lipinski definition) is 2. The summed E-state index contributed by atoms with van der Waals surface area (Å²) in [5.41, 5.74) is 1.46. The number of nitrogens with one attached hydrogen (secondary N) is 1. The molecule has 0 bridgehead atoms. The van der Waals surface area contributed by atoms with Crippen LogP contribution in [0, 0.1) is 11.3 Å². The molecule has 4 heteroatoms. The average Bonchev–Trinajstić information content (AvgIpc) is 2.18. The van der Waals surface area contributed by atoms with Gasteiger partial charge in [-0.3, -0.25) is 0 Å². The topological polar surface area (TPSA) is 73.1 Å². The molecule has 0 aliphatic heterocycles. The molecule has 0 radical (unpaired) electrons. The van der Waals surface area contributed by atoms with Crippen molar-refractivity contribution in [3.8, 4) is 6.07 Å². The van der Waals surface area contributed by atoms with Crippen LogP contribution in [0.3, 0.4) is 0 Å². The van der Waals surface area contributed by atoms with E-state index in [-0.39, 0.29) is 0 Å². The van der Waals surface area contributed by atoms with E-state index in [0.29, 0.717) is 18.5 Å². The summed E-state index contributed by atoms with van der Waals surface area (Å²) >= 11 is 0. The number of hydrogen-bond acceptors (Lipinski definition) is 2. The third-order valence-corrected chi connectivity index (χ3v) is 1.81. The highest BCUT2D eigenvalue weighted by Crippen LogP contribution is 2.07. The largest absolute Gasteiger partial charge is 0.465 e. The molecule has 0 unspecified atom stereocenters. The van der Waals surface area contributed by atoms with Crippen molar-refractivity contribution in [3.05, 3.63) is 35.4 Å². The second-order valence-corrected chi connectivity index (χ2v) is 2.75. The summed E-state index contributed by atoms with van der Waals surface area (Å²) in [6.07, 6.45) is -0.504. The van der Waals surface area contributed by atoms with E-state index in [4.69, 9.17) is 10.4 Å². The van der Waals surface area contributed by atoms with Gasteiger partial charge in [-0.1, -0.05) is 18.2 Å². The van der Waals surface area contributed by atoms with E-state index in [1.165, 1.54) is 0 Å². The lowest BCUT2D eigenvalue weighted by Gasteiger charge is -2.02. The monoisotopic (exact) mass is 190 g/mol. The molecule has 72 valence electrons. The Kier molecular flexibility index (Phi) is 3.50. The first kappa shape index (κ1) is 10.1. The fourth-order valence-corrected chi connectivity index (χ4v) is 1.15. The van der Waals surface area contributed by atoms with Crippen molar-refractivity contribution in [3.63, 3.8) is 0 Å². The summed E-state index contributed by atoms with van der Waals surface area (Å²) in [7, 11) is 0. The SMILES string of the molecule is N#Cc1ccccc1CCNC(=O)O. The van der Waals surface area contributed by atoms with E-state index in [1.807, 2.05) is 12.1 Å². The van der Waals surface area contributed by atoms with Crippen molar-refractivity contribution in [1.29, 1.82) is 5.26 Å². The minimum absolute atomic E-state index is 0.327. The highest BCUT2D eigenvalue weighted by atomic mass is 16.4. The van der Waals surface area contributed by atoms with Crippen LogP contribution >= 0.6 is 0 Å². The van der Waals surface area contributed by atoms with E-state index >= 15 is 0 Å². The molecule has 14 heavy (non-hydrogen) atoms. The summed E-state index contributed by atoms with van der Waals surface area (Å²) in [6.45, 7) is 0.327. The van der Waals surface area contributed by atoms with Crippen LogP contribution in [0.2, 0.25) is 0 Å². The van der Waals surface area contributed by atoms with Crippen molar-refractivity contribution >= 4 is 6.09 Å². The molecule has 4 nitrogen and oxygen atoms in total. The zero-order chi connectivity index (χ0) is 10.4. The number of amides is 1. The van der Waals surface area contributed by atoms with Crippen molar-refractivity contribution < 1.29 is 9.90 Å². The van der Waals surface area contributed by atoms with Gasteiger partial charge < -0.3 is 10.4 Å². The second kappa shape index (κ2) is 4.87. The molecule has 0 heterocycles. The Hall–Kier alpha value is -2.02. The highest BCUT2D eigenvalue weighted by Gasteiger charge is 2.00. The van der Waals surface area contributed by atoms with Gasteiger partial charge in [-0.25, -0.2) is 4.79 Å². The number of benzene rings is 1. The summed E-state index contributed by atoms with van der Waals surface area (Å²) < 4.78 is 0. The number of nitrogens with zero attached hydrogens (tertiary/aromatic N) is 1. The van der Waals surface area contributed by atoms with Crippen LogP contribution in [-0.4, -0.2) is 17.7 Å². The predicted molar refractivity (Wildman–Crippen MR) is 50.9 cm³/mol. The van der Waals surface area contributed by atoms with Crippen LogP contribution in [0.15, 0.2) is 24.3 Å². The van der Waals surface area contributed by atoms with Gasteiger partial charge in [0, 0.05) is 6.54 Å². The van der Waals surface area contributed by atoms with Gasteiger partial charge >= 0.3 is 6.09 Å². The average molecular weight is 190 g/mol. The molecule has 0 spiro atoms. The maximum atomic E-state index is 10.2. The fourth-order valence-electron chi connectivity index (χ4n) is 1.15. The molecule has 0 saturated carbocycles. The van der Waals surface area contributed by atoms with Gasteiger partial charge in [0.05, 0.1) is 11.6 Å². The Morgan fingerprint density at radius 3 is 2.86 bits per heavy atom. The molecule has 1 aromatic carbocycles. The van der Waals surface area contributed by atoms with Gasteiger partial charge in [0.1, 0.15) is 0 Å². The minimum atomic E-state index is -1.04. The van der Waals surface area contributed by atoms with Gasteiger partial charge in [0.25, 0.3) is 0 Å². The number of rotatable bonds is 3. The zero-order valence-electron chi connectivity index (χ0n) is 7.53. The van der Waals surface area contributed by atoms with E-state index in [1.54, 1.807) is 12.1 Å². The molecule has 0 saturated heterocycles. The summed E-state index contributed by atoms with van der Waals surface area (Å²) in [5, 5.41) is 19.3. The van der Waals surface area contributed by atoms with E-state index in [9.17, 15) is 4.79 Å².